The summed E-state index contributed by atoms with van der Waals surface area (Å²) in [5.74, 6) is 0.779. The van der Waals surface area contributed by atoms with Gasteiger partial charge in [-0.15, -0.1) is 0 Å². The van der Waals surface area contributed by atoms with Gasteiger partial charge in [-0.05, 0) is 49.8 Å². The van der Waals surface area contributed by atoms with Crippen molar-refractivity contribution < 1.29 is 0 Å². The lowest BCUT2D eigenvalue weighted by molar-refractivity contribution is 0.425. The summed E-state index contributed by atoms with van der Waals surface area (Å²) in [6, 6.07) is 4.97. The number of hydrogen-bond acceptors (Lipinski definition) is 2. The van der Waals surface area contributed by atoms with Crippen molar-refractivity contribution in [3.8, 4) is 0 Å². The van der Waals surface area contributed by atoms with Gasteiger partial charge in [0.2, 0.25) is 0 Å². The Morgan fingerprint density at radius 3 is 2.47 bits per heavy atom. The van der Waals surface area contributed by atoms with Gasteiger partial charge >= 0.3 is 0 Å². The van der Waals surface area contributed by atoms with Crippen molar-refractivity contribution in [3.05, 3.63) is 29.6 Å². The van der Waals surface area contributed by atoms with Crippen molar-refractivity contribution in [1.82, 2.24) is 10.3 Å². The number of pyridine rings is 1. The van der Waals surface area contributed by atoms with Gasteiger partial charge in [-0.3, -0.25) is 4.98 Å². The Bertz CT molecular complexity index is 330. The normalized spacial score (nSPS) is 12.9. The van der Waals surface area contributed by atoms with E-state index in [1.54, 1.807) is 0 Å². The number of nitrogens with zero attached hydrogens (tertiary/aromatic N) is 1. The molecule has 0 saturated heterocycles. The SMILES string of the molecule is CCCNC(CCC(C)C)Cc1ccc(CC)cn1. The molecule has 1 aromatic rings. The Hall–Kier alpha value is -0.890. The number of nitrogens with one attached hydrogen (secondary N) is 1. The minimum atomic E-state index is 0.572. The van der Waals surface area contributed by atoms with E-state index in [9.17, 15) is 0 Å². The Morgan fingerprint density at radius 2 is 1.95 bits per heavy atom. The van der Waals surface area contributed by atoms with E-state index in [1.165, 1.54) is 30.5 Å². The summed E-state index contributed by atoms with van der Waals surface area (Å²) in [6.07, 6.45) is 7.87. The Kier molecular flexibility index (Phi) is 7.73. The highest BCUT2D eigenvalue weighted by molar-refractivity contribution is 5.14. The zero-order valence-corrected chi connectivity index (χ0v) is 13.1. The van der Waals surface area contributed by atoms with Gasteiger partial charge in [0, 0.05) is 24.4 Å². The maximum atomic E-state index is 4.58. The number of hydrogen-bond donors (Lipinski definition) is 1. The van der Waals surface area contributed by atoms with E-state index < -0.39 is 0 Å². The van der Waals surface area contributed by atoms with Crippen LogP contribution in [0.5, 0.6) is 0 Å². The fourth-order valence-corrected chi connectivity index (χ4v) is 2.20. The van der Waals surface area contributed by atoms with Crippen LogP contribution < -0.4 is 5.32 Å². The third kappa shape index (κ3) is 6.72. The first-order valence-electron chi connectivity index (χ1n) is 7.82. The number of aryl methyl sites for hydroxylation is 1. The maximum Gasteiger partial charge on any atom is 0.0419 e. The largest absolute Gasteiger partial charge is 0.314 e. The minimum Gasteiger partial charge on any atom is -0.314 e. The first-order valence-corrected chi connectivity index (χ1v) is 7.82. The lowest BCUT2D eigenvalue weighted by atomic mass is 9.99. The molecule has 0 aliphatic heterocycles. The van der Waals surface area contributed by atoms with Gasteiger partial charge in [-0.1, -0.05) is 33.8 Å². The molecule has 1 aromatic heterocycles. The summed E-state index contributed by atoms with van der Waals surface area (Å²) in [6.45, 7) is 10.1. The smallest absolute Gasteiger partial charge is 0.0419 e. The molecule has 0 spiro atoms. The van der Waals surface area contributed by atoms with Crippen LogP contribution in [0.1, 0.15) is 58.2 Å². The van der Waals surface area contributed by atoms with Crippen molar-refractivity contribution in [2.45, 2.75) is 65.8 Å². The molecule has 0 aliphatic rings. The van der Waals surface area contributed by atoms with Crippen molar-refractivity contribution in [2.75, 3.05) is 6.54 Å². The van der Waals surface area contributed by atoms with Gasteiger partial charge in [-0.2, -0.15) is 0 Å². The van der Waals surface area contributed by atoms with E-state index in [2.05, 4.69) is 50.1 Å². The highest BCUT2D eigenvalue weighted by Gasteiger charge is 2.10. The van der Waals surface area contributed by atoms with E-state index in [0.29, 0.717) is 6.04 Å². The summed E-state index contributed by atoms with van der Waals surface area (Å²) in [5, 5.41) is 3.66. The average molecular weight is 262 g/mol. The molecular weight excluding hydrogens is 232 g/mol. The standard InChI is InChI=1S/C17H30N2/c1-5-11-18-16(9-7-14(3)4)12-17-10-8-15(6-2)13-19-17/h8,10,13-14,16,18H,5-7,9,11-12H2,1-4H3. The molecule has 0 fully saturated rings. The van der Waals surface area contributed by atoms with Crippen LogP contribution in [0.2, 0.25) is 0 Å². The predicted octanol–water partition coefficient (Wildman–Crippen LogP) is 3.99. The first-order chi connectivity index (χ1) is 9.15. The second-order valence-electron chi connectivity index (χ2n) is 5.84. The van der Waals surface area contributed by atoms with Crippen LogP contribution >= 0.6 is 0 Å². The second-order valence-corrected chi connectivity index (χ2v) is 5.84. The second kappa shape index (κ2) is 9.08. The van der Waals surface area contributed by atoms with E-state index in [-0.39, 0.29) is 0 Å². The van der Waals surface area contributed by atoms with E-state index in [0.717, 1.165) is 25.3 Å². The van der Waals surface area contributed by atoms with Gasteiger partial charge < -0.3 is 5.32 Å². The molecule has 1 unspecified atom stereocenters. The summed E-state index contributed by atoms with van der Waals surface area (Å²) >= 11 is 0. The van der Waals surface area contributed by atoms with E-state index >= 15 is 0 Å². The molecule has 2 nitrogen and oxygen atoms in total. The van der Waals surface area contributed by atoms with Gasteiger partial charge in [0.1, 0.15) is 0 Å². The summed E-state index contributed by atoms with van der Waals surface area (Å²) in [4.78, 5) is 4.58. The van der Waals surface area contributed by atoms with Crippen LogP contribution in [-0.4, -0.2) is 17.6 Å². The van der Waals surface area contributed by atoms with Gasteiger partial charge in [0.25, 0.3) is 0 Å². The molecular formula is C17H30N2. The quantitative estimate of drug-likeness (QED) is 0.728. The average Bonchev–Trinajstić information content (AvgIpc) is 2.42. The predicted molar refractivity (Wildman–Crippen MR) is 83.5 cm³/mol. The molecule has 0 aliphatic carbocycles. The first kappa shape index (κ1) is 16.2. The highest BCUT2D eigenvalue weighted by atomic mass is 14.9. The molecule has 0 saturated carbocycles. The molecule has 1 atom stereocenters. The van der Waals surface area contributed by atoms with Gasteiger partial charge in [0.15, 0.2) is 0 Å². The molecule has 0 bridgehead atoms. The van der Waals surface area contributed by atoms with Crippen molar-refractivity contribution in [1.29, 1.82) is 0 Å². The molecule has 0 aromatic carbocycles. The maximum absolute atomic E-state index is 4.58. The lowest BCUT2D eigenvalue weighted by Gasteiger charge is -2.19. The van der Waals surface area contributed by atoms with Crippen LogP contribution in [0, 0.1) is 5.92 Å². The van der Waals surface area contributed by atoms with Crippen LogP contribution in [0.3, 0.4) is 0 Å². The molecule has 19 heavy (non-hydrogen) atoms. The van der Waals surface area contributed by atoms with Crippen LogP contribution in [0.25, 0.3) is 0 Å². The molecule has 1 rings (SSSR count). The van der Waals surface area contributed by atoms with Crippen molar-refractivity contribution in [3.63, 3.8) is 0 Å². The summed E-state index contributed by atoms with van der Waals surface area (Å²) in [5.41, 5.74) is 2.54. The van der Waals surface area contributed by atoms with Crippen molar-refractivity contribution in [2.24, 2.45) is 5.92 Å². The van der Waals surface area contributed by atoms with E-state index in [4.69, 9.17) is 0 Å². The molecule has 0 radical (unpaired) electrons. The van der Waals surface area contributed by atoms with Gasteiger partial charge in [0.05, 0.1) is 0 Å². The zero-order chi connectivity index (χ0) is 14.1. The van der Waals surface area contributed by atoms with E-state index in [1.807, 2.05) is 6.20 Å². The molecule has 2 heteroatoms. The van der Waals surface area contributed by atoms with Crippen LogP contribution in [0.15, 0.2) is 18.3 Å². The molecule has 0 amide bonds. The minimum absolute atomic E-state index is 0.572. The Balaban J connectivity index is 2.53. The number of aromatic nitrogens is 1. The topological polar surface area (TPSA) is 24.9 Å². The Morgan fingerprint density at radius 1 is 1.16 bits per heavy atom. The fraction of sp³-hybridized carbons (Fsp3) is 0.706. The summed E-state index contributed by atoms with van der Waals surface area (Å²) < 4.78 is 0. The van der Waals surface area contributed by atoms with Gasteiger partial charge in [-0.25, -0.2) is 0 Å². The highest BCUT2D eigenvalue weighted by Crippen LogP contribution is 2.11. The summed E-state index contributed by atoms with van der Waals surface area (Å²) in [7, 11) is 0. The van der Waals surface area contributed by atoms with Crippen LogP contribution in [0.4, 0.5) is 0 Å². The monoisotopic (exact) mass is 262 g/mol. The molecule has 108 valence electrons. The van der Waals surface area contributed by atoms with Crippen LogP contribution in [-0.2, 0) is 12.8 Å². The molecule has 1 N–H and O–H groups in total. The van der Waals surface area contributed by atoms with Crippen molar-refractivity contribution >= 4 is 0 Å². The third-order valence-electron chi connectivity index (χ3n) is 3.53. The Labute approximate surface area is 119 Å². The fourth-order valence-electron chi connectivity index (χ4n) is 2.20. The molecule has 1 heterocycles. The zero-order valence-electron chi connectivity index (χ0n) is 13.1. The lowest BCUT2D eigenvalue weighted by Crippen LogP contribution is -2.32. The number of rotatable bonds is 9. The third-order valence-corrected chi connectivity index (χ3v) is 3.53.